The molecule has 0 saturated carbocycles. The maximum absolute atomic E-state index is 11.4. The molecule has 0 aromatic heterocycles. The van der Waals surface area contributed by atoms with E-state index in [0.717, 1.165) is 11.3 Å². The van der Waals surface area contributed by atoms with Crippen molar-refractivity contribution in [2.45, 2.75) is 25.9 Å². The second-order valence-corrected chi connectivity index (χ2v) is 4.49. The van der Waals surface area contributed by atoms with E-state index in [9.17, 15) is 9.59 Å². The van der Waals surface area contributed by atoms with Crippen molar-refractivity contribution in [1.82, 2.24) is 5.32 Å². The van der Waals surface area contributed by atoms with Crippen LogP contribution < -0.4 is 15.8 Å². The van der Waals surface area contributed by atoms with Gasteiger partial charge in [0.05, 0.1) is 13.2 Å². The van der Waals surface area contributed by atoms with Crippen molar-refractivity contribution in [3.8, 4) is 5.75 Å². The third kappa shape index (κ3) is 6.19. The van der Waals surface area contributed by atoms with Gasteiger partial charge in [0.1, 0.15) is 11.9 Å². The summed E-state index contributed by atoms with van der Waals surface area (Å²) in [5.41, 5.74) is 5.97. The number of aliphatic hydroxyl groups excluding tert-OH is 1. The van der Waals surface area contributed by atoms with E-state index in [1.807, 2.05) is 31.2 Å². The minimum atomic E-state index is -1.34. The summed E-state index contributed by atoms with van der Waals surface area (Å²) in [6.07, 6.45) is -0.536. The van der Waals surface area contributed by atoms with E-state index < -0.39 is 12.0 Å². The van der Waals surface area contributed by atoms with Crippen LogP contribution in [0.4, 0.5) is 0 Å². The van der Waals surface area contributed by atoms with Crippen LogP contribution in [0.3, 0.4) is 0 Å². The van der Waals surface area contributed by atoms with Crippen LogP contribution in [0.15, 0.2) is 24.3 Å². The Morgan fingerprint density at radius 2 is 2.20 bits per heavy atom. The number of nitrogens with two attached hydrogens (primary N) is 1. The monoisotopic (exact) mass is 280 g/mol. The summed E-state index contributed by atoms with van der Waals surface area (Å²) >= 11 is 0. The molecule has 1 atom stereocenters. The summed E-state index contributed by atoms with van der Waals surface area (Å²) in [6.45, 7) is 2.24. The van der Waals surface area contributed by atoms with Gasteiger partial charge >= 0.3 is 0 Å². The smallest absolute Gasteiger partial charge is 0.248 e. The zero-order valence-corrected chi connectivity index (χ0v) is 11.5. The Labute approximate surface area is 117 Å². The summed E-state index contributed by atoms with van der Waals surface area (Å²) in [5.74, 6) is -0.333. The lowest BCUT2D eigenvalue weighted by molar-refractivity contribution is -0.127. The Balaban J connectivity index is 2.15. The molecule has 0 saturated heterocycles. The second kappa shape index (κ2) is 8.16. The number of rotatable bonds is 8. The number of ether oxygens (including phenoxy) is 1. The van der Waals surface area contributed by atoms with Crippen LogP contribution in [-0.2, 0) is 9.59 Å². The third-order valence-electron chi connectivity index (χ3n) is 2.63. The Morgan fingerprint density at radius 3 is 2.85 bits per heavy atom. The van der Waals surface area contributed by atoms with Crippen LogP contribution in [0.1, 0.15) is 18.4 Å². The number of aryl methyl sites for hydroxylation is 1. The van der Waals surface area contributed by atoms with Gasteiger partial charge in [0, 0.05) is 6.42 Å². The molecule has 0 heterocycles. The Morgan fingerprint density at radius 1 is 1.45 bits per heavy atom. The molecule has 4 N–H and O–H groups in total. The number of hydrogen-bond acceptors (Lipinski definition) is 4. The van der Waals surface area contributed by atoms with Gasteiger partial charge < -0.3 is 20.9 Å². The molecule has 2 amide bonds. The zero-order chi connectivity index (χ0) is 15.0. The average molecular weight is 280 g/mol. The van der Waals surface area contributed by atoms with Gasteiger partial charge in [0.15, 0.2) is 0 Å². The fraction of sp³-hybridized carbons (Fsp3) is 0.429. The predicted molar refractivity (Wildman–Crippen MR) is 74.1 cm³/mol. The number of amides is 2. The molecular weight excluding hydrogens is 260 g/mol. The van der Waals surface area contributed by atoms with Gasteiger partial charge in [0.25, 0.3) is 0 Å². The van der Waals surface area contributed by atoms with Crippen molar-refractivity contribution in [2.75, 3.05) is 13.2 Å². The Bertz CT molecular complexity index is 462. The zero-order valence-electron chi connectivity index (χ0n) is 11.5. The van der Waals surface area contributed by atoms with Gasteiger partial charge in [-0.3, -0.25) is 9.59 Å². The number of aliphatic hydroxyl groups is 1. The SMILES string of the molecule is Cc1cccc(OCCCC(=O)NCC(O)C(N)=O)c1. The minimum absolute atomic E-state index is 0.160. The van der Waals surface area contributed by atoms with Crippen molar-refractivity contribution >= 4 is 11.8 Å². The first-order valence-electron chi connectivity index (χ1n) is 6.42. The lowest BCUT2D eigenvalue weighted by atomic mass is 10.2. The van der Waals surface area contributed by atoms with Crippen LogP contribution in [-0.4, -0.2) is 36.2 Å². The number of hydrogen-bond donors (Lipinski definition) is 3. The maximum atomic E-state index is 11.4. The molecule has 1 unspecified atom stereocenters. The van der Waals surface area contributed by atoms with E-state index in [-0.39, 0.29) is 18.9 Å². The molecule has 0 aliphatic carbocycles. The third-order valence-corrected chi connectivity index (χ3v) is 2.63. The quantitative estimate of drug-likeness (QED) is 0.588. The number of primary amides is 1. The second-order valence-electron chi connectivity index (χ2n) is 4.49. The van der Waals surface area contributed by atoms with E-state index in [2.05, 4.69) is 5.32 Å². The first kappa shape index (κ1) is 16.0. The Hall–Kier alpha value is -2.08. The Kier molecular flexibility index (Phi) is 6.52. The van der Waals surface area contributed by atoms with E-state index in [0.29, 0.717) is 13.0 Å². The van der Waals surface area contributed by atoms with Crippen molar-refractivity contribution in [3.63, 3.8) is 0 Å². The van der Waals surface area contributed by atoms with Crippen LogP contribution in [0.2, 0.25) is 0 Å². The largest absolute Gasteiger partial charge is 0.494 e. The van der Waals surface area contributed by atoms with E-state index >= 15 is 0 Å². The van der Waals surface area contributed by atoms with Gasteiger partial charge in [-0.2, -0.15) is 0 Å². The van der Waals surface area contributed by atoms with Crippen LogP contribution in [0.5, 0.6) is 5.75 Å². The molecule has 0 aliphatic heterocycles. The summed E-state index contributed by atoms with van der Waals surface area (Å²) < 4.78 is 5.50. The van der Waals surface area contributed by atoms with Crippen molar-refractivity contribution in [3.05, 3.63) is 29.8 Å². The highest BCUT2D eigenvalue weighted by molar-refractivity contribution is 5.80. The van der Waals surface area contributed by atoms with E-state index in [1.54, 1.807) is 0 Å². The normalized spacial score (nSPS) is 11.7. The van der Waals surface area contributed by atoms with Crippen molar-refractivity contribution < 1.29 is 19.4 Å². The molecule has 20 heavy (non-hydrogen) atoms. The van der Waals surface area contributed by atoms with Gasteiger partial charge in [-0.25, -0.2) is 0 Å². The number of nitrogens with one attached hydrogen (secondary N) is 1. The first-order chi connectivity index (χ1) is 9.49. The number of carbonyl (C=O) groups excluding carboxylic acids is 2. The molecular formula is C14H20N2O4. The van der Waals surface area contributed by atoms with E-state index in [4.69, 9.17) is 15.6 Å². The summed E-state index contributed by atoms with van der Waals surface area (Å²) in [5, 5.41) is 11.5. The van der Waals surface area contributed by atoms with Gasteiger partial charge in [-0.15, -0.1) is 0 Å². The summed E-state index contributed by atoms with van der Waals surface area (Å²) in [4.78, 5) is 22.0. The molecule has 1 aromatic carbocycles. The molecule has 0 radical (unpaired) electrons. The average Bonchev–Trinajstić information content (AvgIpc) is 2.41. The van der Waals surface area contributed by atoms with E-state index in [1.165, 1.54) is 0 Å². The lowest BCUT2D eigenvalue weighted by Gasteiger charge is -2.09. The highest BCUT2D eigenvalue weighted by Gasteiger charge is 2.11. The summed E-state index contributed by atoms with van der Waals surface area (Å²) in [7, 11) is 0. The van der Waals surface area contributed by atoms with Crippen LogP contribution in [0.25, 0.3) is 0 Å². The highest BCUT2D eigenvalue weighted by atomic mass is 16.5. The predicted octanol–water partition coefficient (Wildman–Crippen LogP) is 0.116. The molecule has 6 nitrogen and oxygen atoms in total. The standard InChI is InChI=1S/C14H20N2O4/c1-10-4-2-5-11(8-10)20-7-3-6-13(18)16-9-12(17)14(15)19/h2,4-5,8,12,17H,3,6-7,9H2,1H3,(H2,15,19)(H,16,18). The summed E-state index contributed by atoms with van der Waals surface area (Å²) in [6, 6.07) is 7.66. The fourth-order valence-electron chi connectivity index (χ4n) is 1.53. The molecule has 1 rings (SSSR count). The van der Waals surface area contributed by atoms with Gasteiger partial charge in [-0.1, -0.05) is 12.1 Å². The highest BCUT2D eigenvalue weighted by Crippen LogP contribution is 2.12. The molecule has 0 bridgehead atoms. The molecule has 0 spiro atoms. The lowest BCUT2D eigenvalue weighted by Crippen LogP contribution is -2.39. The molecule has 0 aliphatic rings. The van der Waals surface area contributed by atoms with Crippen molar-refractivity contribution in [2.24, 2.45) is 5.73 Å². The first-order valence-corrected chi connectivity index (χ1v) is 6.42. The topological polar surface area (TPSA) is 102 Å². The molecule has 6 heteroatoms. The van der Waals surface area contributed by atoms with Crippen molar-refractivity contribution in [1.29, 1.82) is 0 Å². The maximum Gasteiger partial charge on any atom is 0.248 e. The number of carbonyl (C=O) groups is 2. The van der Waals surface area contributed by atoms with Crippen LogP contribution in [0, 0.1) is 6.92 Å². The minimum Gasteiger partial charge on any atom is -0.494 e. The molecule has 0 fully saturated rings. The van der Waals surface area contributed by atoms with Gasteiger partial charge in [0.2, 0.25) is 11.8 Å². The van der Waals surface area contributed by atoms with Crippen LogP contribution >= 0.6 is 0 Å². The molecule has 1 aromatic rings. The molecule has 110 valence electrons. The number of benzene rings is 1. The fourth-order valence-corrected chi connectivity index (χ4v) is 1.53. The van der Waals surface area contributed by atoms with Gasteiger partial charge in [-0.05, 0) is 31.0 Å².